The number of likely N-dealkylation sites (N-methyl/N-ethyl adjacent to an activating group) is 1. The fraction of sp³-hybridized carbons (Fsp3) is 0.296. The molecule has 1 aliphatic rings. The number of hydrogen-bond acceptors (Lipinski definition) is 6. The van der Waals surface area contributed by atoms with Crippen molar-refractivity contribution in [3.63, 3.8) is 0 Å². The summed E-state index contributed by atoms with van der Waals surface area (Å²) in [6, 6.07) is 18.4. The molecule has 4 rings (SSSR count). The highest BCUT2D eigenvalue weighted by molar-refractivity contribution is 5.95. The summed E-state index contributed by atoms with van der Waals surface area (Å²) in [5, 5.41) is 2.66. The number of carbonyl (C=O) groups is 2. The highest BCUT2D eigenvalue weighted by Crippen LogP contribution is 2.31. The predicted octanol–water partition coefficient (Wildman–Crippen LogP) is 3.16. The van der Waals surface area contributed by atoms with Gasteiger partial charge in [0.15, 0.2) is 11.5 Å². The summed E-state index contributed by atoms with van der Waals surface area (Å²) in [5.74, 6) is 0.850. The van der Waals surface area contributed by atoms with E-state index in [0.717, 1.165) is 17.8 Å². The lowest BCUT2D eigenvalue weighted by Crippen LogP contribution is -2.49. The number of amides is 2. The van der Waals surface area contributed by atoms with Crippen LogP contribution in [-0.4, -0.2) is 67.4 Å². The van der Waals surface area contributed by atoms with Crippen LogP contribution in [0.2, 0.25) is 0 Å². The van der Waals surface area contributed by atoms with Gasteiger partial charge < -0.3 is 19.7 Å². The van der Waals surface area contributed by atoms with Gasteiger partial charge in [-0.25, -0.2) is 0 Å². The Hall–Kier alpha value is -3.91. The molecule has 1 atom stereocenters. The molecule has 0 radical (unpaired) electrons. The van der Waals surface area contributed by atoms with E-state index in [1.54, 1.807) is 44.6 Å². The number of pyridine rings is 1. The van der Waals surface area contributed by atoms with Crippen molar-refractivity contribution in [1.82, 2.24) is 20.1 Å². The largest absolute Gasteiger partial charge is 0.493 e. The van der Waals surface area contributed by atoms with E-state index in [-0.39, 0.29) is 17.9 Å². The Morgan fingerprint density at radius 2 is 1.89 bits per heavy atom. The number of piperazine rings is 1. The van der Waals surface area contributed by atoms with Gasteiger partial charge in [0.05, 0.1) is 18.8 Å². The molecule has 1 saturated heterocycles. The van der Waals surface area contributed by atoms with Gasteiger partial charge in [-0.05, 0) is 55.1 Å². The van der Waals surface area contributed by atoms with Crippen LogP contribution in [0.4, 0.5) is 0 Å². The minimum atomic E-state index is -0.129. The van der Waals surface area contributed by atoms with Crippen LogP contribution in [0, 0.1) is 0 Å². The second-order valence-electron chi connectivity index (χ2n) is 8.43. The summed E-state index contributed by atoms with van der Waals surface area (Å²) >= 11 is 0. The molecule has 1 aliphatic heterocycles. The van der Waals surface area contributed by atoms with Crippen molar-refractivity contribution in [2.45, 2.75) is 12.6 Å². The molecule has 0 unspecified atom stereocenters. The van der Waals surface area contributed by atoms with Crippen molar-refractivity contribution in [3.8, 4) is 11.5 Å². The van der Waals surface area contributed by atoms with Crippen molar-refractivity contribution in [3.05, 3.63) is 89.2 Å². The van der Waals surface area contributed by atoms with Gasteiger partial charge in [0.25, 0.3) is 11.8 Å². The number of aromatic nitrogens is 1. The minimum Gasteiger partial charge on any atom is -0.493 e. The van der Waals surface area contributed by atoms with Gasteiger partial charge in [0.1, 0.15) is 6.61 Å². The monoisotopic (exact) mass is 474 g/mol. The SMILES string of the molecule is CNC(=O)c1cccc([C@@H]2CN(C(=O)c3ccc(OCc4ccccn4)c(OC)c3)CCN2C)c1. The Bertz CT molecular complexity index is 1180. The van der Waals surface area contributed by atoms with Crippen LogP contribution in [0.25, 0.3) is 0 Å². The third-order valence-corrected chi connectivity index (χ3v) is 6.21. The van der Waals surface area contributed by atoms with Gasteiger partial charge in [-0.1, -0.05) is 18.2 Å². The minimum absolute atomic E-state index is 0.0137. The van der Waals surface area contributed by atoms with Crippen molar-refractivity contribution in [2.24, 2.45) is 0 Å². The maximum absolute atomic E-state index is 13.4. The highest BCUT2D eigenvalue weighted by Gasteiger charge is 2.29. The van der Waals surface area contributed by atoms with Crippen LogP contribution in [0.1, 0.15) is 38.0 Å². The van der Waals surface area contributed by atoms with E-state index < -0.39 is 0 Å². The van der Waals surface area contributed by atoms with Gasteiger partial charge in [0, 0.05) is 44.0 Å². The van der Waals surface area contributed by atoms with Gasteiger partial charge >= 0.3 is 0 Å². The number of carbonyl (C=O) groups excluding carboxylic acids is 2. The van der Waals surface area contributed by atoms with Gasteiger partial charge in [0.2, 0.25) is 0 Å². The Morgan fingerprint density at radius 1 is 1.03 bits per heavy atom. The first-order valence-corrected chi connectivity index (χ1v) is 11.5. The zero-order valence-corrected chi connectivity index (χ0v) is 20.2. The van der Waals surface area contributed by atoms with Gasteiger partial charge in [-0.2, -0.15) is 0 Å². The number of ether oxygens (including phenoxy) is 2. The van der Waals surface area contributed by atoms with Crippen molar-refractivity contribution in [1.29, 1.82) is 0 Å². The normalized spacial score (nSPS) is 16.0. The maximum atomic E-state index is 13.4. The third kappa shape index (κ3) is 5.60. The van der Waals surface area contributed by atoms with Crippen LogP contribution in [0.15, 0.2) is 66.9 Å². The molecule has 0 aliphatic carbocycles. The number of rotatable bonds is 7. The topological polar surface area (TPSA) is 84.0 Å². The molecule has 2 aromatic carbocycles. The van der Waals surface area contributed by atoms with Crippen LogP contribution in [0.3, 0.4) is 0 Å². The van der Waals surface area contributed by atoms with Crippen LogP contribution < -0.4 is 14.8 Å². The van der Waals surface area contributed by atoms with Gasteiger partial charge in [-0.15, -0.1) is 0 Å². The van der Waals surface area contributed by atoms with E-state index in [1.165, 1.54) is 0 Å². The smallest absolute Gasteiger partial charge is 0.254 e. The van der Waals surface area contributed by atoms with E-state index >= 15 is 0 Å². The van der Waals surface area contributed by atoms with Crippen molar-refractivity contribution < 1.29 is 19.1 Å². The number of benzene rings is 2. The molecule has 2 amide bonds. The Morgan fingerprint density at radius 3 is 2.63 bits per heavy atom. The Labute approximate surface area is 205 Å². The summed E-state index contributed by atoms with van der Waals surface area (Å²) < 4.78 is 11.4. The molecule has 1 fully saturated rings. The first kappa shape index (κ1) is 24.2. The molecular weight excluding hydrogens is 444 g/mol. The van der Waals surface area contributed by atoms with Crippen molar-refractivity contribution in [2.75, 3.05) is 40.8 Å². The lowest BCUT2D eigenvalue weighted by atomic mass is 9.99. The lowest BCUT2D eigenvalue weighted by molar-refractivity contribution is 0.0545. The molecule has 0 spiro atoms. The number of nitrogens with one attached hydrogen (secondary N) is 1. The first-order valence-electron chi connectivity index (χ1n) is 11.5. The second kappa shape index (κ2) is 11.0. The Balaban J connectivity index is 1.49. The van der Waals surface area contributed by atoms with Crippen LogP contribution in [0.5, 0.6) is 11.5 Å². The fourth-order valence-corrected chi connectivity index (χ4v) is 4.19. The zero-order chi connectivity index (χ0) is 24.8. The van der Waals surface area contributed by atoms with E-state index in [0.29, 0.717) is 42.3 Å². The lowest BCUT2D eigenvalue weighted by Gasteiger charge is -2.40. The summed E-state index contributed by atoms with van der Waals surface area (Å²) in [4.78, 5) is 33.8. The molecule has 1 aromatic heterocycles. The third-order valence-electron chi connectivity index (χ3n) is 6.21. The quantitative estimate of drug-likeness (QED) is 0.566. The second-order valence-corrected chi connectivity index (χ2v) is 8.43. The van der Waals surface area contributed by atoms with Crippen LogP contribution >= 0.6 is 0 Å². The zero-order valence-electron chi connectivity index (χ0n) is 20.2. The molecule has 2 heterocycles. The standard InChI is InChI=1S/C27H30N4O4/c1-28-26(32)20-8-6-7-19(15-20)23-17-31(14-13-30(23)2)27(33)21-10-11-24(25(16-21)34-3)35-18-22-9-4-5-12-29-22/h4-12,15-16,23H,13-14,17-18H2,1-3H3,(H,28,32)/t23-/m0/s1. The fourth-order valence-electron chi connectivity index (χ4n) is 4.19. The van der Waals surface area contributed by atoms with E-state index in [9.17, 15) is 9.59 Å². The summed E-state index contributed by atoms with van der Waals surface area (Å²) in [6.45, 7) is 2.16. The number of hydrogen-bond donors (Lipinski definition) is 1. The molecule has 0 bridgehead atoms. The van der Waals surface area contributed by atoms with Crippen molar-refractivity contribution >= 4 is 11.8 Å². The highest BCUT2D eigenvalue weighted by atomic mass is 16.5. The molecule has 0 saturated carbocycles. The average molecular weight is 475 g/mol. The molecule has 8 nitrogen and oxygen atoms in total. The number of methoxy groups -OCH3 is 1. The summed E-state index contributed by atoms with van der Waals surface area (Å²) in [7, 11) is 5.21. The summed E-state index contributed by atoms with van der Waals surface area (Å²) in [6.07, 6.45) is 1.72. The molecule has 182 valence electrons. The van der Waals surface area contributed by atoms with E-state index in [1.807, 2.05) is 48.3 Å². The molecule has 8 heteroatoms. The molecule has 3 aromatic rings. The average Bonchev–Trinajstić information content (AvgIpc) is 2.91. The van der Waals surface area contributed by atoms with E-state index in [2.05, 4.69) is 15.2 Å². The van der Waals surface area contributed by atoms with Gasteiger partial charge in [-0.3, -0.25) is 19.5 Å². The predicted molar refractivity (Wildman–Crippen MR) is 133 cm³/mol. The summed E-state index contributed by atoms with van der Waals surface area (Å²) in [5.41, 5.74) is 2.95. The van der Waals surface area contributed by atoms with E-state index in [4.69, 9.17) is 9.47 Å². The van der Waals surface area contributed by atoms with Crippen LogP contribution in [-0.2, 0) is 6.61 Å². The molecule has 1 N–H and O–H groups in total. The Kier molecular flexibility index (Phi) is 7.62. The number of nitrogens with zero attached hydrogens (tertiary/aromatic N) is 3. The molecular formula is C27H30N4O4. The first-order chi connectivity index (χ1) is 17.0. The molecule has 35 heavy (non-hydrogen) atoms. The maximum Gasteiger partial charge on any atom is 0.254 e.